The van der Waals surface area contributed by atoms with Gasteiger partial charge in [0.1, 0.15) is 42.4 Å². The van der Waals surface area contributed by atoms with Gasteiger partial charge < -0.3 is 113 Å². The molecule has 0 aliphatic carbocycles. The molecule has 8 heterocycles. The molecule has 0 spiro atoms. The number of hydrogen-bond acceptors (Lipinski definition) is 26. The van der Waals surface area contributed by atoms with Crippen molar-refractivity contribution < 1.29 is 146 Å². The van der Waals surface area contributed by atoms with Crippen LogP contribution in [0.4, 0.5) is 0 Å². The van der Waals surface area contributed by atoms with Crippen molar-refractivity contribution in [3.8, 4) is 0 Å². The average Bonchev–Trinajstić information content (AvgIpc) is 0.868. The number of benzene rings is 3. The summed E-state index contributed by atoms with van der Waals surface area (Å²) in [5.74, 6) is 0.532. The van der Waals surface area contributed by atoms with E-state index in [2.05, 4.69) is 31.2 Å². The number of aliphatic hydroxyl groups is 5. The fourth-order valence-corrected chi connectivity index (χ4v) is 9.62. The van der Waals surface area contributed by atoms with Gasteiger partial charge in [-0.2, -0.15) is 0 Å². The molecule has 0 aromatic heterocycles. The third kappa shape index (κ3) is 45.0. The first kappa shape index (κ1) is 105. The molecular formula is C77H135N2NaO24. The number of ketones is 3. The van der Waals surface area contributed by atoms with Crippen LogP contribution in [0.1, 0.15) is 138 Å². The zero-order valence-corrected chi connectivity index (χ0v) is 65.7. The Labute approximate surface area is 644 Å². The minimum absolute atomic E-state index is 0. The average molecular weight is 1500 g/mol. The summed E-state index contributed by atoms with van der Waals surface area (Å²) in [6, 6.07) is 30.2. The van der Waals surface area contributed by atoms with E-state index in [1.54, 1.807) is 56.1 Å². The second-order valence-electron chi connectivity index (χ2n) is 26.3. The molecule has 0 radical (unpaired) electrons. The maximum absolute atomic E-state index is 11.4. The van der Waals surface area contributed by atoms with Crippen LogP contribution in [-0.4, -0.2) is 268 Å². The van der Waals surface area contributed by atoms with Crippen LogP contribution in [-0.2, 0) is 105 Å². The molecule has 9 N–H and O–H groups in total. The third-order valence-corrected chi connectivity index (χ3v) is 17.3. The standard InChI is InChI=1S/C14H20O3.C12H17NO2.C12H14O3.2C7H14O3.C7H12O3.C5H11NO2.C5H8O2.C4H9O.2CH4O.2CH4.Na/c1-14(15-2)8-9-16-11-13(14)17-10-12-6-4-3-5-7-12;2*13-11-6-7-14-9-12(11)15-8-10-4-2-1-3-5-10;3*1-7(9-2)3-4-10-5-6(7)8;6-4-1-2-8-3-5(4)7;6-5-1-3-7-4-2-5;1-4(2,3)5;2*1-2;;;/h3-7,13H,8-11H2,1-2H3;1-5,11-12H,6-9,13H2;1-5,12H,6-9H2;2*6,8H,3-5H2,1-2H3;3-5H2,1-2H3;4-5,7H,1-3,6H2;1-4H2;1-3H3;2*2H,1H3;2*1H4;/q;;;;;;;;-1;;;;;+1/t13-,14?;11-,12-;12-;6-,7?;;;4-,5-;;;;;;;/m0000..0......./s1. The Morgan fingerprint density at radius 3 is 1.21 bits per heavy atom. The van der Waals surface area contributed by atoms with Gasteiger partial charge in [-0.05, 0) is 57.2 Å². The molecule has 0 saturated carbocycles. The van der Waals surface area contributed by atoms with E-state index in [4.69, 9.17) is 97.8 Å². The smallest absolute Gasteiger partial charge is 0.850 e. The maximum atomic E-state index is 11.4. The molecule has 104 heavy (non-hydrogen) atoms. The number of ether oxygens (including phenoxy) is 15. The summed E-state index contributed by atoms with van der Waals surface area (Å²) in [4.78, 5) is 32.9. The number of aliphatic hydroxyl groups excluding tert-OH is 5. The van der Waals surface area contributed by atoms with Gasteiger partial charge in [0.15, 0.2) is 11.6 Å². The Kier molecular flexibility index (Phi) is 61.1. The maximum Gasteiger partial charge on any atom is 1.00 e. The molecule has 27 heteroatoms. The van der Waals surface area contributed by atoms with Crippen LogP contribution in [0.3, 0.4) is 0 Å². The largest absolute Gasteiger partial charge is 1.00 e. The van der Waals surface area contributed by atoms with Crippen molar-refractivity contribution in [3.63, 3.8) is 0 Å². The normalized spacial score (nSPS) is 28.3. The number of nitrogens with two attached hydrogens (primary N) is 2. The summed E-state index contributed by atoms with van der Waals surface area (Å²) in [5.41, 5.74) is 12.5. The van der Waals surface area contributed by atoms with Crippen LogP contribution in [0.25, 0.3) is 0 Å². The van der Waals surface area contributed by atoms with Crippen LogP contribution in [0, 0.1) is 0 Å². The first-order valence-electron chi connectivity index (χ1n) is 34.8. The van der Waals surface area contributed by atoms with E-state index in [0.717, 1.165) is 65.1 Å². The number of carbonyl (C=O) groups excluding carboxylic acids is 3. The summed E-state index contributed by atoms with van der Waals surface area (Å²) in [6.07, 6.45) is 4.74. The van der Waals surface area contributed by atoms with Gasteiger partial charge in [-0.25, -0.2) is 0 Å². The Morgan fingerprint density at radius 1 is 0.471 bits per heavy atom. The molecule has 8 saturated heterocycles. The van der Waals surface area contributed by atoms with Gasteiger partial charge in [0.05, 0.1) is 115 Å². The molecule has 8 aliphatic rings. The second kappa shape index (κ2) is 60.5. The van der Waals surface area contributed by atoms with Crippen molar-refractivity contribution in [2.75, 3.05) is 148 Å². The van der Waals surface area contributed by atoms with Crippen LogP contribution < -0.4 is 46.1 Å². The van der Waals surface area contributed by atoms with Crippen molar-refractivity contribution >= 4 is 17.3 Å². The molecule has 8 fully saturated rings. The van der Waals surface area contributed by atoms with Gasteiger partial charge in [0, 0.05) is 133 Å². The minimum atomic E-state index is -0.750. The molecule has 0 amide bonds. The molecule has 5 unspecified atom stereocenters. The number of rotatable bonds is 13. The molecule has 11 rings (SSSR count). The van der Waals surface area contributed by atoms with Gasteiger partial charge in [-0.1, -0.05) is 127 Å². The third-order valence-electron chi connectivity index (χ3n) is 17.3. The summed E-state index contributed by atoms with van der Waals surface area (Å²) in [5, 5.41) is 51.8. The van der Waals surface area contributed by atoms with Gasteiger partial charge in [-0.15, -0.1) is 5.60 Å². The molecule has 3 aromatic carbocycles. The van der Waals surface area contributed by atoms with Crippen LogP contribution >= 0.6 is 0 Å². The van der Waals surface area contributed by atoms with E-state index in [1.165, 1.54) is 11.1 Å². The Morgan fingerprint density at radius 2 is 0.856 bits per heavy atom. The van der Waals surface area contributed by atoms with Crippen molar-refractivity contribution in [2.24, 2.45) is 11.5 Å². The van der Waals surface area contributed by atoms with E-state index in [-0.39, 0.29) is 98.6 Å². The van der Waals surface area contributed by atoms with Crippen molar-refractivity contribution in [1.29, 1.82) is 0 Å². The first-order valence-corrected chi connectivity index (χ1v) is 34.8. The van der Waals surface area contributed by atoms with Gasteiger partial charge in [0.2, 0.25) is 0 Å². The molecule has 3 aromatic rings. The Bertz CT molecular complexity index is 2480. The van der Waals surface area contributed by atoms with E-state index >= 15 is 0 Å². The predicted molar refractivity (Wildman–Crippen MR) is 393 cm³/mol. The number of carbonyl (C=O) groups is 3. The second-order valence-corrected chi connectivity index (χ2v) is 26.3. The fraction of sp³-hybridized carbons (Fsp3) is 0.727. The Hall–Kier alpha value is -3.25. The van der Waals surface area contributed by atoms with E-state index in [1.807, 2.05) is 80.6 Å². The van der Waals surface area contributed by atoms with Gasteiger partial charge >= 0.3 is 29.6 Å². The van der Waals surface area contributed by atoms with E-state index in [0.29, 0.717) is 137 Å². The fourth-order valence-electron chi connectivity index (χ4n) is 9.62. The summed E-state index contributed by atoms with van der Waals surface area (Å²) < 4.78 is 79.0. The SMILES string of the molecule is C.C.CC(C)(C)[O-].CO.CO.COC1(C)CCOCC1=O.COC1(C)CCOCC1O.COC1(C)CCOC[C@@H]1O.COC1(C)CCOC[C@@H]1OCc1ccccc1.N[C@H]1CCOC[C@@H]1O.N[C@H]1CCOC[C@@H]1OCc1ccccc1.O=C1CCOCC1.O=C1CCOC[C@@H]1OCc1ccccc1.[Na+]. The van der Waals surface area contributed by atoms with Crippen LogP contribution in [0.2, 0.25) is 0 Å². The van der Waals surface area contributed by atoms with E-state index in [9.17, 15) is 29.7 Å². The first-order chi connectivity index (χ1) is 48.2. The number of methoxy groups -OCH3 is 4. The molecule has 12 atom stereocenters. The molecule has 598 valence electrons. The van der Waals surface area contributed by atoms with Crippen LogP contribution in [0.5, 0.6) is 0 Å². The molecule has 26 nitrogen and oxygen atoms in total. The van der Waals surface area contributed by atoms with E-state index < -0.39 is 40.7 Å². The Balaban J connectivity index is -0.00000111. The molecule has 0 bridgehead atoms. The number of hydrogen-bond donors (Lipinski definition) is 7. The summed E-state index contributed by atoms with van der Waals surface area (Å²) >= 11 is 0. The quantitative estimate of drug-likeness (QED) is 0.121. The summed E-state index contributed by atoms with van der Waals surface area (Å²) in [7, 11) is 8.54. The van der Waals surface area contributed by atoms with Crippen molar-refractivity contribution in [1.82, 2.24) is 0 Å². The topological polar surface area (TPSA) is 366 Å². The van der Waals surface area contributed by atoms with Crippen molar-refractivity contribution in [2.45, 2.75) is 218 Å². The molecular weight excluding hydrogens is 1360 g/mol. The monoisotopic (exact) mass is 1490 g/mol. The zero-order chi connectivity index (χ0) is 75.6. The number of Topliss-reactive ketones (excluding diaryl/α,β-unsaturated/α-hetero) is 3. The molecule has 8 aliphatic heterocycles. The predicted octanol–water partition coefficient (Wildman–Crippen LogP) is 3.10. The summed E-state index contributed by atoms with van der Waals surface area (Å²) in [6.45, 7) is 23.3. The zero-order valence-electron chi connectivity index (χ0n) is 63.7. The van der Waals surface area contributed by atoms with Crippen LogP contribution in [0.15, 0.2) is 91.0 Å². The van der Waals surface area contributed by atoms with Crippen molar-refractivity contribution in [3.05, 3.63) is 108 Å². The minimum Gasteiger partial charge on any atom is -0.850 e. The van der Waals surface area contributed by atoms with Gasteiger partial charge in [-0.3, -0.25) is 14.4 Å². The van der Waals surface area contributed by atoms with Gasteiger partial charge in [0.25, 0.3) is 0 Å².